The van der Waals surface area contributed by atoms with Crippen molar-refractivity contribution in [3.05, 3.63) is 48.3 Å². The van der Waals surface area contributed by atoms with E-state index in [2.05, 4.69) is 29.4 Å². The summed E-state index contributed by atoms with van der Waals surface area (Å²) in [4.78, 5) is 0. The summed E-state index contributed by atoms with van der Waals surface area (Å²) in [6, 6.07) is 10.6. The van der Waals surface area contributed by atoms with E-state index < -0.39 is 0 Å². The highest BCUT2D eigenvalue weighted by Gasteiger charge is 2.39. The molecule has 0 spiro atoms. The van der Waals surface area contributed by atoms with Crippen LogP contribution in [0, 0.1) is 0 Å². The van der Waals surface area contributed by atoms with Crippen molar-refractivity contribution in [3.8, 4) is 5.69 Å². The fourth-order valence-corrected chi connectivity index (χ4v) is 3.07. The first-order valence-electron chi connectivity index (χ1n) is 6.65. The number of hydrogen-bond donors (Lipinski definition) is 1. The number of rotatable bonds is 4. The summed E-state index contributed by atoms with van der Waals surface area (Å²) in [7, 11) is 0. The van der Waals surface area contributed by atoms with E-state index in [0.29, 0.717) is 0 Å². The molecule has 1 aliphatic carbocycles. The second-order valence-corrected chi connectivity index (χ2v) is 5.14. The van der Waals surface area contributed by atoms with Gasteiger partial charge in [0.15, 0.2) is 0 Å². The van der Waals surface area contributed by atoms with Crippen molar-refractivity contribution in [1.82, 2.24) is 9.78 Å². The molecule has 3 rings (SSSR count). The van der Waals surface area contributed by atoms with Gasteiger partial charge in [-0.25, -0.2) is 4.68 Å². The molecule has 0 bridgehead atoms. The molecule has 3 heteroatoms. The zero-order valence-corrected chi connectivity index (χ0v) is 10.5. The molecule has 0 amide bonds. The Labute approximate surface area is 108 Å². The lowest BCUT2D eigenvalue weighted by Gasteiger charge is -2.43. The van der Waals surface area contributed by atoms with Crippen LogP contribution in [0.25, 0.3) is 5.69 Å². The lowest BCUT2D eigenvalue weighted by Crippen LogP contribution is -2.37. The van der Waals surface area contributed by atoms with E-state index in [9.17, 15) is 0 Å². The third-order valence-electron chi connectivity index (χ3n) is 4.16. The molecular weight excluding hydrogens is 222 g/mol. The maximum absolute atomic E-state index is 5.81. The Kier molecular flexibility index (Phi) is 2.92. The molecule has 1 fully saturated rings. The molecule has 0 saturated heterocycles. The Morgan fingerprint density at radius 3 is 2.67 bits per heavy atom. The van der Waals surface area contributed by atoms with E-state index in [-0.39, 0.29) is 5.41 Å². The predicted molar refractivity (Wildman–Crippen MR) is 72.8 cm³/mol. The maximum Gasteiger partial charge on any atom is 0.0683 e. The van der Waals surface area contributed by atoms with E-state index in [0.717, 1.165) is 13.0 Å². The number of nitrogens with two attached hydrogens (primary N) is 1. The maximum atomic E-state index is 5.81. The number of nitrogens with zero attached hydrogens (tertiary/aromatic N) is 2. The average Bonchev–Trinajstić information content (AvgIpc) is 2.88. The molecule has 1 aliphatic rings. The summed E-state index contributed by atoms with van der Waals surface area (Å²) < 4.78 is 1.96. The van der Waals surface area contributed by atoms with E-state index in [1.807, 2.05) is 23.1 Å². The molecule has 2 N–H and O–H groups in total. The van der Waals surface area contributed by atoms with Gasteiger partial charge in [0.25, 0.3) is 0 Å². The molecule has 94 valence electrons. The van der Waals surface area contributed by atoms with Crippen LogP contribution in [0.2, 0.25) is 0 Å². The molecule has 3 nitrogen and oxygen atoms in total. The van der Waals surface area contributed by atoms with Crippen LogP contribution < -0.4 is 5.73 Å². The summed E-state index contributed by atoms with van der Waals surface area (Å²) >= 11 is 0. The first-order chi connectivity index (χ1) is 8.86. The lowest BCUT2D eigenvalue weighted by molar-refractivity contribution is 0.229. The monoisotopic (exact) mass is 241 g/mol. The van der Waals surface area contributed by atoms with Crippen molar-refractivity contribution in [2.45, 2.75) is 31.1 Å². The molecule has 0 unspecified atom stereocenters. The molecule has 18 heavy (non-hydrogen) atoms. The molecule has 0 radical (unpaired) electrons. The predicted octanol–water partition coefficient (Wildman–Crippen LogP) is 2.64. The highest BCUT2D eigenvalue weighted by atomic mass is 15.3. The second-order valence-electron chi connectivity index (χ2n) is 5.14. The van der Waals surface area contributed by atoms with Crippen molar-refractivity contribution in [2.75, 3.05) is 6.54 Å². The van der Waals surface area contributed by atoms with Crippen LogP contribution in [-0.4, -0.2) is 16.3 Å². The lowest BCUT2D eigenvalue weighted by atomic mass is 9.62. The zero-order chi connectivity index (χ0) is 12.4. The Morgan fingerprint density at radius 1 is 1.22 bits per heavy atom. The zero-order valence-electron chi connectivity index (χ0n) is 10.5. The van der Waals surface area contributed by atoms with Gasteiger partial charge in [0.2, 0.25) is 0 Å². The third kappa shape index (κ3) is 1.75. The summed E-state index contributed by atoms with van der Waals surface area (Å²) in [6.45, 7) is 0.757. The Balaban J connectivity index is 2.06. The van der Waals surface area contributed by atoms with Crippen molar-refractivity contribution in [2.24, 2.45) is 5.73 Å². The first-order valence-corrected chi connectivity index (χ1v) is 6.65. The van der Waals surface area contributed by atoms with Crippen molar-refractivity contribution in [3.63, 3.8) is 0 Å². The van der Waals surface area contributed by atoms with Crippen LogP contribution >= 0.6 is 0 Å². The van der Waals surface area contributed by atoms with Crippen LogP contribution in [0.5, 0.6) is 0 Å². The van der Waals surface area contributed by atoms with Crippen LogP contribution in [0.3, 0.4) is 0 Å². The van der Waals surface area contributed by atoms with Gasteiger partial charge in [0.1, 0.15) is 0 Å². The summed E-state index contributed by atoms with van der Waals surface area (Å²) in [5.41, 5.74) is 8.71. The smallest absolute Gasteiger partial charge is 0.0683 e. The van der Waals surface area contributed by atoms with E-state index in [1.165, 1.54) is 30.5 Å². The number of aromatic nitrogens is 2. The molecular formula is C15H19N3. The standard InChI is InChI=1S/C15H19N3/c16-10-9-15(7-3-8-15)13-5-1-2-6-14(13)18-12-4-11-17-18/h1-2,4-6,11-12H,3,7-10,16H2. The minimum Gasteiger partial charge on any atom is -0.330 e. The Bertz CT molecular complexity index is 512. The molecule has 1 heterocycles. The number of benzene rings is 1. The quantitative estimate of drug-likeness (QED) is 0.894. The summed E-state index contributed by atoms with van der Waals surface area (Å²) in [5.74, 6) is 0. The van der Waals surface area contributed by atoms with Gasteiger partial charge < -0.3 is 5.73 Å². The van der Waals surface area contributed by atoms with Crippen molar-refractivity contribution < 1.29 is 0 Å². The van der Waals surface area contributed by atoms with Gasteiger partial charge in [-0.2, -0.15) is 5.10 Å². The van der Waals surface area contributed by atoms with Gasteiger partial charge >= 0.3 is 0 Å². The molecule has 2 aromatic rings. The van der Waals surface area contributed by atoms with E-state index >= 15 is 0 Å². The van der Waals surface area contributed by atoms with Gasteiger partial charge in [0, 0.05) is 12.4 Å². The highest BCUT2D eigenvalue weighted by molar-refractivity contribution is 5.46. The van der Waals surface area contributed by atoms with Crippen molar-refractivity contribution in [1.29, 1.82) is 0 Å². The van der Waals surface area contributed by atoms with Gasteiger partial charge in [-0.3, -0.25) is 0 Å². The average molecular weight is 241 g/mol. The third-order valence-corrected chi connectivity index (χ3v) is 4.16. The van der Waals surface area contributed by atoms with Crippen LogP contribution in [-0.2, 0) is 5.41 Å². The molecule has 1 aromatic carbocycles. The molecule has 0 aliphatic heterocycles. The highest BCUT2D eigenvalue weighted by Crippen LogP contribution is 2.47. The van der Waals surface area contributed by atoms with Crippen molar-refractivity contribution >= 4 is 0 Å². The number of hydrogen-bond acceptors (Lipinski definition) is 2. The van der Waals surface area contributed by atoms with E-state index in [4.69, 9.17) is 5.73 Å². The van der Waals surface area contributed by atoms with Crippen LogP contribution in [0.1, 0.15) is 31.2 Å². The van der Waals surface area contributed by atoms with E-state index in [1.54, 1.807) is 0 Å². The Hall–Kier alpha value is -1.61. The van der Waals surface area contributed by atoms with Gasteiger partial charge in [-0.05, 0) is 48.9 Å². The van der Waals surface area contributed by atoms with Crippen LogP contribution in [0.15, 0.2) is 42.7 Å². The van der Waals surface area contributed by atoms with Gasteiger partial charge in [-0.1, -0.05) is 24.6 Å². The second kappa shape index (κ2) is 4.58. The Morgan fingerprint density at radius 2 is 2.06 bits per heavy atom. The topological polar surface area (TPSA) is 43.8 Å². The summed E-state index contributed by atoms with van der Waals surface area (Å²) in [6.07, 6.45) is 8.73. The normalized spacial score (nSPS) is 17.4. The summed E-state index contributed by atoms with van der Waals surface area (Å²) in [5, 5.41) is 4.36. The van der Waals surface area contributed by atoms with Gasteiger partial charge in [-0.15, -0.1) is 0 Å². The van der Waals surface area contributed by atoms with Crippen LogP contribution in [0.4, 0.5) is 0 Å². The fraction of sp³-hybridized carbons (Fsp3) is 0.400. The van der Waals surface area contributed by atoms with Gasteiger partial charge in [0.05, 0.1) is 5.69 Å². The minimum atomic E-state index is 0.289. The minimum absolute atomic E-state index is 0.289. The fourth-order valence-electron chi connectivity index (χ4n) is 3.07. The largest absolute Gasteiger partial charge is 0.330 e. The molecule has 1 saturated carbocycles. The molecule has 1 aromatic heterocycles. The SMILES string of the molecule is NCCC1(c2ccccc2-n2cccn2)CCC1. The molecule has 0 atom stereocenters. The first kappa shape index (κ1) is 11.5. The number of para-hydroxylation sites is 1.